The Bertz CT molecular complexity index is 482. The molecule has 1 aromatic rings. The maximum atomic E-state index is 11.7. The van der Waals surface area contributed by atoms with Crippen molar-refractivity contribution < 1.29 is 9.59 Å². The smallest absolute Gasteiger partial charge is 0.187 e. The lowest BCUT2D eigenvalue weighted by Gasteiger charge is -2.15. The van der Waals surface area contributed by atoms with Crippen LogP contribution in [0.3, 0.4) is 0 Å². The van der Waals surface area contributed by atoms with Crippen LogP contribution in [0.5, 0.6) is 0 Å². The topological polar surface area (TPSA) is 34.1 Å². The monoisotopic (exact) mass is 200 g/mol. The van der Waals surface area contributed by atoms with Crippen LogP contribution in [0.4, 0.5) is 0 Å². The summed E-state index contributed by atoms with van der Waals surface area (Å²) in [5.74, 6) is -0.109. The lowest BCUT2D eigenvalue weighted by molar-refractivity contribution is 0.0993. The van der Waals surface area contributed by atoms with E-state index in [1.165, 1.54) is 12.2 Å². The molecular formula is C13H12O2. The Kier molecular flexibility index (Phi) is 2.27. The highest BCUT2D eigenvalue weighted by Crippen LogP contribution is 2.24. The van der Waals surface area contributed by atoms with E-state index < -0.39 is 0 Å². The van der Waals surface area contributed by atoms with E-state index in [1.807, 2.05) is 26.0 Å². The first kappa shape index (κ1) is 9.84. The van der Waals surface area contributed by atoms with Crippen molar-refractivity contribution in [1.82, 2.24) is 0 Å². The summed E-state index contributed by atoms with van der Waals surface area (Å²) < 4.78 is 0. The number of rotatable bonds is 1. The van der Waals surface area contributed by atoms with Gasteiger partial charge in [0, 0.05) is 11.1 Å². The number of hydrogen-bond donors (Lipinski definition) is 0. The van der Waals surface area contributed by atoms with Crippen LogP contribution in [0.15, 0.2) is 24.3 Å². The summed E-state index contributed by atoms with van der Waals surface area (Å²) in [5.41, 5.74) is 3.02. The van der Waals surface area contributed by atoms with Crippen molar-refractivity contribution in [2.75, 3.05) is 0 Å². The summed E-state index contributed by atoms with van der Waals surface area (Å²) in [7, 11) is 0. The molecule has 15 heavy (non-hydrogen) atoms. The molecule has 0 aliphatic heterocycles. The zero-order valence-electron chi connectivity index (χ0n) is 8.83. The molecule has 0 aromatic heterocycles. The highest BCUT2D eigenvalue weighted by molar-refractivity contribution is 6.23. The van der Waals surface area contributed by atoms with Crippen LogP contribution in [0.2, 0.25) is 0 Å². The molecule has 0 saturated carbocycles. The SMILES string of the molecule is CCc1ccc(C)c2c1C(=O)C=CC2=O. The van der Waals surface area contributed by atoms with Crippen LogP contribution in [-0.4, -0.2) is 11.6 Å². The summed E-state index contributed by atoms with van der Waals surface area (Å²) in [5, 5.41) is 0. The molecule has 1 aromatic carbocycles. The van der Waals surface area contributed by atoms with Crippen LogP contribution < -0.4 is 0 Å². The average Bonchev–Trinajstić information content (AvgIpc) is 2.23. The summed E-state index contributed by atoms with van der Waals surface area (Å²) >= 11 is 0. The second-order valence-electron chi connectivity index (χ2n) is 3.71. The van der Waals surface area contributed by atoms with Crippen molar-refractivity contribution in [2.24, 2.45) is 0 Å². The number of carbonyl (C=O) groups is 2. The van der Waals surface area contributed by atoms with Crippen molar-refractivity contribution >= 4 is 11.6 Å². The van der Waals surface area contributed by atoms with Crippen LogP contribution in [0, 0.1) is 6.92 Å². The molecule has 0 saturated heterocycles. The van der Waals surface area contributed by atoms with Crippen molar-refractivity contribution in [2.45, 2.75) is 20.3 Å². The molecule has 0 N–H and O–H groups in total. The zero-order valence-corrected chi connectivity index (χ0v) is 8.83. The van der Waals surface area contributed by atoms with Gasteiger partial charge < -0.3 is 0 Å². The molecule has 0 bridgehead atoms. The van der Waals surface area contributed by atoms with Crippen molar-refractivity contribution in [3.63, 3.8) is 0 Å². The second-order valence-corrected chi connectivity index (χ2v) is 3.71. The van der Waals surface area contributed by atoms with Gasteiger partial charge in [-0.05, 0) is 36.6 Å². The Morgan fingerprint density at radius 1 is 1.00 bits per heavy atom. The molecule has 1 aliphatic rings. The molecule has 0 spiro atoms. The molecule has 0 amide bonds. The summed E-state index contributed by atoms with van der Waals surface area (Å²) in [6.07, 6.45) is 3.50. The quantitative estimate of drug-likeness (QED) is 0.698. The maximum Gasteiger partial charge on any atom is 0.187 e. The van der Waals surface area contributed by atoms with E-state index in [9.17, 15) is 9.59 Å². The van der Waals surface area contributed by atoms with Gasteiger partial charge in [0.1, 0.15) is 0 Å². The zero-order chi connectivity index (χ0) is 11.0. The molecule has 76 valence electrons. The highest BCUT2D eigenvalue weighted by Gasteiger charge is 2.23. The predicted octanol–water partition coefficient (Wildman–Crippen LogP) is 2.49. The molecule has 2 nitrogen and oxygen atoms in total. The summed E-state index contributed by atoms with van der Waals surface area (Å²) in [4.78, 5) is 23.4. The normalized spacial score (nSPS) is 14.3. The standard InChI is InChI=1S/C13H12O2/c1-3-9-5-4-8(2)12-10(14)6-7-11(15)13(9)12/h4-7H,3H2,1-2H3. The Hall–Kier alpha value is -1.70. The third-order valence-corrected chi connectivity index (χ3v) is 2.76. The van der Waals surface area contributed by atoms with E-state index in [-0.39, 0.29) is 11.6 Å². The number of carbonyl (C=O) groups excluding carboxylic acids is 2. The summed E-state index contributed by atoms with van der Waals surface area (Å²) in [6, 6.07) is 3.83. The van der Waals surface area contributed by atoms with E-state index in [1.54, 1.807) is 0 Å². The third-order valence-electron chi connectivity index (χ3n) is 2.76. The van der Waals surface area contributed by atoms with Gasteiger partial charge in [-0.15, -0.1) is 0 Å². The molecule has 2 heteroatoms. The molecule has 0 radical (unpaired) electrons. The van der Waals surface area contributed by atoms with Gasteiger partial charge in [-0.3, -0.25) is 9.59 Å². The van der Waals surface area contributed by atoms with Crippen LogP contribution >= 0.6 is 0 Å². The molecule has 2 rings (SSSR count). The number of aryl methyl sites for hydroxylation is 2. The van der Waals surface area contributed by atoms with Crippen LogP contribution in [0.25, 0.3) is 0 Å². The molecular weight excluding hydrogens is 188 g/mol. The number of hydrogen-bond acceptors (Lipinski definition) is 2. The first-order chi connectivity index (χ1) is 7.15. The number of ketones is 2. The Morgan fingerprint density at radius 3 is 2.20 bits per heavy atom. The lowest BCUT2D eigenvalue weighted by Crippen LogP contribution is -2.15. The fourth-order valence-corrected chi connectivity index (χ4v) is 1.96. The van der Waals surface area contributed by atoms with E-state index >= 15 is 0 Å². The van der Waals surface area contributed by atoms with Gasteiger partial charge in [0.2, 0.25) is 0 Å². The fourth-order valence-electron chi connectivity index (χ4n) is 1.96. The van der Waals surface area contributed by atoms with Crippen molar-refractivity contribution in [3.05, 3.63) is 46.5 Å². The second kappa shape index (κ2) is 3.46. The number of fused-ring (bicyclic) bond motifs is 1. The van der Waals surface area contributed by atoms with Crippen molar-refractivity contribution in [3.8, 4) is 0 Å². The first-order valence-corrected chi connectivity index (χ1v) is 5.04. The van der Waals surface area contributed by atoms with Gasteiger partial charge in [-0.1, -0.05) is 19.1 Å². The van der Waals surface area contributed by atoms with Gasteiger partial charge in [0.05, 0.1) is 0 Å². The minimum absolute atomic E-state index is 0.0508. The van der Waals surface area contributed by atoms with Gasteiger partial charge in [-0.2, -0.15) is 0 Å². The predicted molar refractivity (Wildman–Crippen MR) is 58.4 cm³/mol. The minimum Gasteiger partial charge on any atom is -0.289 e. The maximum absolute atomic E-state index is 11.7. The Balaban J connectivity index is 2.78. The average molecular weight is 200 g/mol. The van der Waals surface area contributed by atoms with E-state index in [4.69, 9.17) is 0 Å². The van der Waals surface area contributed by atoms with E-state index in [2.05, 4.69) is 0 Å². The molecule has 0 fully saturated rings. The number of allylic oxidation sites excluding steroid dienone is 2. The minimum atomic E-state index is -0.0580. The van der Waals surface area contributed by atoms with Crippen molar-refractivity contribution in [1.29, 1.82) is 0 Å². The largest absolute Gasteiger partial charge is 0.289 e. The highest BCUT2D eigenvalue weighted by atomic mass is 16.1. The number of benzene rings is 1. The van der Waals surface area contributed by atoms with Crippen LogP contribution in [-0.2, 0) is 6.42 Å². The van der Waals surface area contributed by atoms with Gasteiger partial charge in [0.15, 0.2) is 11.6 Å². The molecule has 0 heterocycles. The third kappa shape index (κ3) is 1.42. The Morgan fingerprint density at radius 2 is 1.60 bits per heavy atom. The lowest BCUT2D eigenvalue weighted by atomic mass is 9.87. The molecule has 0 atom stereocenters. The van der Waals surface area contributed by atoms with E-state index in [0.717, 1.165) is 17.5 Å². The fraction of sp³-hybridized carbons (Fsp3) is 0.231. The van der Waals surface area contributed by atoms with Gasteiger partial charge >= 0.3 is 0 Å². The molecule has 1 aliphatic carbocycles. The first-order valence-electron chi connectivity index (χ1n) is 5.04. The molecule has 0 unspecified atom stereocenters. The van der Waals surface area contributed by atoms with Crippen LogP contribution in [0.1, 0.15) is 38.8 Å². The van der Waals surface area contributed by atoms with E-state index in [0.29, 0.717) is 11.1 Å². The van der Waals surface area contributed by atoms with Gasteiger partial charge in [0.25, 0.3) is 0 Å². The summed E-state index contributed by atoms with van der Waals surface area (Å²) in [6.45, 7) is 3.85. The van der Waals surface area contributed by atoms with Gasteiger partial charge in [-0.25, -0.2) is 0 Å². The Labute approximate surface area is 88.6 Å².